The van der Waals surface area contributed by atoms with Gasteiger partial charge in [0.25, 0.3) is 0 Å². The molecule has 2 N–H and O–H groups in total. The maximum Gasteiger partial charge on any atom is 0.216 e. The molecule has 0 amide bonds. The van der Waals surface area contributed by atoms with Gasteiger partial charge in [0.15, 0.2) is 5.76 Å². The lowest BCUT2D eigenvalue weighted by Gasteiger charge is -2.10. The van der Waals surface area contributed by atoms with Crippen LogP contribution in [-0.2, 0) is 10.3 Å². The third-order valence-electron chi connectivity index (χ3n) is 2.22. The van der Waals surface area contributed by atoms with E-state index in [9.17, 15) is 0 Å². The maximum absolute atomic E-state index is 5.76. The van der Waals surface area contributed by atoms with Crippen LogP contribution in [0.15, 0.2) is 34.9 Å². The second-order valence-electron chi connectivity index (χ2n) is 3.40. The van der Waals surface area contributed by atoms with E-state index >= 15 is 0 Å². The number of alkyl halides is 3. The summed E-state index contributed by atoms with van der Waals surface area (Å²) in [4.78, 5) is 4.01. The molecule has 1 aromatic heterocycles. The van der Waals surface area contributed by atoms with Crippen LogP contribution in [0.4, 0.5) is 0 Å². The molecular formula is C11H9Cl3N2O. The number of halogens is 3. The van der Waals surface area contributed by atoms with Gasteiger partial charge in [-0.2, -0.15) is 0 Å². The van der Waals surface area contributed by atoms with Gasteiger partial charge in [-0.05, 0) is 0 Å². The van der Waals surface area contributed by atoms with Crippen LogP contribution >= 0.6 is 34.8 Å². The van der Waals surface area contributed by atoms with E-state index in [1.165, 1.54) is 0 Å². The van der Waals surface area contributed by atoms with E-state index < -0.39 is 3.79 Å². The Labute approximate surface area is 113 Å². The van der Waals surface area contributed by atoms with Crippen LogP contribution in [0.25, 0.3) is 11.3 Å². The Balaban J connectivity index is 2.29. The van der Waals surface area contributed by atoms with E-state index in [1.807, 2.05) is 0 Å². The number of benzene rings is 1. The van der Waals surface area contributed by atoms with Crippen molar-refractivity contribution in [2.24, 2.45) is 5.73 Å². The predicted molar refractivity (Wildman–Crippen MR) is 69.1 cm³/mol. The highest BCUT2D eigenvalue weighted by Crippen LogP contribution is 2.38. The van der Waals surface area contributed by atoms with Crippen molar-refractivity contribution in [1.29, 1.82) is 0 Å². The van der Waals surface area contributed by atoms with Gasteiger partial charge in [0.2, 0.25) is 9.68 Å². The molecule has 2 rings (SSSR count). The number of oxazole rings is 1. The third-order valence-corrected chi connectivity index (χ3v) is 2.88. The topological polar surface area (TPSA) is 52.0 Å². The Morgan fingerprint density at radius 2 is 1.82 bits per heavy atom. The summed E-state index contributed by atoms with van der Waals surface area (Å²) in [6.45, 7) is 0.270. The quantitative estimate of drug-likeness (QED) is 0.860. The van der Waals surface area contributed by atoms with Gasteiger partial charge in [0.1, 0.15) is 0 Å². The summed E-state index contributed by atoms with van der Waals surface area (Å²) in [6, 6.07) is 7.07. The minimum atomic E-state index is -1.41. The second kappa shape index (κ2) is 4.86. The first-order valence-electron chi connectivity index (χ1n) is 4.83. The van der Waals surface area contributed by atoms with E-state index in [4.69, 9.17) is 45.0 Å². The molecule has 0 aliphatic carbocycles. The van der Waals surface area contributed by atoms with Crippen molar-refractivity contribution in [3.8, 4) is 11.3 Å². The van der Waals surface area contributed by atoms with Gasteiger partial charge in [-0.1, -0.05) is 59.1 Å². The van der Waals surface area contributed by atoms with E-state index in [0.29, 0.717) is 17.2 Å². The highest BCUT2D eigenvalue weighted by molar-refractivity contribution is 6.66. The zero-order valence-electron chi connectivity index (χ0n) is 8.66. The molecule has 90 valence electrons. The Hall–Kier alpha value is -0.740. The average molecular weight is 292 g/mol. The fourth-order valence-corrected chi connectivity index (χ4v) is 1.74. The smallest absolute Gasteiger partial charge is 0.216 e. The molecule has 0 atom stereocenters. The number of nitrogens with two attached hydrogens (primary N) is 1. The lowest BCUT2D eigenvalue weighted by molar-refractivity contribution is 0.509. The summed E-state index contributed by atoms with van der Waals surface area (Å²) in [5, 5.41) is 0. The first-order chi connectivity index (χ1) is 8.00. The molecule has 0 bridgehead atoms. The summed E-state index contributed by atoms with van der Waals surface area (Å²) in [5.74, 6) is 1.13. The Bertz CT molecular complexity index is 502. The first-order valence-corrected chi connectivity index (χ1v) is 5.96. The molecule has 0 aliphatic rings. The van der Waals surface area contributed by atoms with Gasteiger partial charge in [-0.3, -0.25) is 0 Å². The number of hydrogen-bond acceptors (Lipinski definition) is 3. The molecule has 0 saturated carbocycles. The SMILES string of the molecule is NCc1ncc(-c2ccc(C(Cl)(Cl)Cl)cc2)o1. The number of aromatic nitrogens is 1. The van der Waals surface area contributed by atoms with Gasteiger partial charge >= 0.3 is 0 Å². The molecule has 0 radical (unpaired) electrons. The Morgan fingerprint density at radius 3 is 2.29 bits per heavy atom. The van der Waals surface area contributed by atoms with Crippen molar-refractivity contribution in [3.63, 3.8) is 0 Å². The van der Waals surface area contributed by atoms with Crippen molar-refractivity contribution in [2.45, 2.75) is 10.3 Å². The van der Waals surface area contributed by atoms with Crippen molar-refractivity contribution in [1.82, 2.24) is 4.98 Å². The molecule has 0 saturated heterocycles. The van der Waals surface area contributed by atoms with Crippen molar-refractivity contribution < 1.29 is 4.42 Å². The minimum Gasteiger partial charge on any atom is -0.439 e. The van der Waals surface area contributed by atoms with Gasteiger partial charge in [-0.25, -0.2) is 4.98 Å². The van der Waals surface area contributed by atoms with Crippen LogP contribution < -0.4 is 5.73 Å². The molecule has 6 heteroatoms. The van der Waals surface area contributed by atoms with Crippen LogP contribution in [0, 0.1) is 0 Å². The van der Waals surface area contributed by atoms with Crippen LogP contribution in [0.3, 0.4) is 0 Å². The second-order valence-corrected chi connectivity index (χ2v) is 5.68. The molecule has 1 aromatic carbocycles. The fourth-order valence-electron chi connectivity index (χ4n) is 1.36. The van der Waals surface area contributed by atoms with Crippen LogP contribution in [0.5, 0.6) is 0 Å². The van der Waals surface area contributed by atoms with Gasteiger partial charge in [0, 0.05) is 11.1 Å². The monoisotopic (exact) mass is 290 g/mol. The molecule has 0 aliphatic heterocycles. The van der Waals surface area contributed by atoms with Crippen LogP contribution in [0.1, 0.15) is 11.5 Å². The summed E-state index contributed by atoms with van der Waals surface area (Å²) >= 11 is 17.3. The highest BCUT2D eigenvalue weighted by Gasteiger charge is 2.22. The van der Waals surface area contributed by atoms with E-state index in [2.05, 4.69) is 4.98 Å². The van der Waals surface area contributed by atoms with Gasteiger partial charge < -0.3 is 10.2 Å². The average Bonchev–Trinajstić information content (AvgIpc) is 2.76. The first kappa shape index (κ1) is 12.7. The molecule has 1 heterocycles. The van der Waals surface area contributed by atoms with E-state index in [0.717, 1.165) is 5.56 Å². The summed E-state index contributed by atoms with van der Waals surface area (Å²) in [6.07, 6.45) is 1.62. The Morgan fingerprint density at radius 1 is 1.18 bits per heavy atom. The summed E-state index contributed by atoms with van der Waals surface area (Å²) < 4.78 is 3.99. The molecule has 0 spiro atoms. The molecule has 17 heavy (non-hydrogen) atoms. The standard InChI is InChI=1S/C11H9Cl3N2O/c12-11(13,14)8-3-1-7(2-4-8)9-6-16-10(5-15)17-9/h1-4,6H,5,15H2. The molecule has 2 aromatic rings. The summed E-state index contributed by atoms with van der Waals surface area (Å²) in [5.41, 5.74) is 6.87. The Kier molecular flexibility index (Phi) is 3.64. The molecular weight excluding hydrogens is 282 g/mol. The van der Waals surface area contributed by atoms with E-state index in [-0.39, 0.29) is 6.54 Å². The predicted octanol–water partition coefficient (Wildman–Crippen LogP) is 3.63. The fraction of sp³-hybridized carbons (Fsp3) is 0.182. The lowest BCUT2D eigenvalue weighted by atomic mass is 10.1. The minimum absolute atomic E-state index is 0.270. The zero-order valence-corrected chi connectivity index (χ0v) is 10.9. The summed E-state index contributed by atoms with van der Waals surface area (Å²) in [7, 11) is 0. The van der Waals surface area contributed by atoms with Crippen LogP contribution in [0.2, 0.25) is 0 Å². The van der Waals surface area contributed by atoms with Crippen molar-refractivity contribution in [3.05, 3.63) is 41.9 Å². The molecule has 0 fully saturated rings. The number of rotatable bonds is 2. The zero-order chi connectivity index (χ0) is 12.5. The molecule has 0 unspecified atom stereocenters. The number of hydrogen-bond donors (Lipinski definition) is 1. The van der Waals surface area contributed by atoms with Gasteiger partial charge in [0.05, 0.1) is 12.7 Å². The molecule has 3 nitrogen and oxygen atoms in total. The maximum atomic E-state index is 5.76. The normalized spacial score (nSPS) is 11.8. The van der Waals surface area contributed by atoms with Crippen LogP contribution in [-0.4, -0.2) is 4.98 Å². The third kappa shape index (κ3) is 2.93. The number of nitrogens with zero attached hydrogens (tertiary/aromatic N) is 1. The van der Waals surface area contributed by atoms with Gasteiger partial charge in [-0.15, -0.1) is 0 Å². The van der Waals surface area contributed by atoms with Crippen molar-refractivity contribution >= 4 is 34.8 Å². The van der Waals surface area contributed by atoms with Crippen molar-refractivity contribution in [2.75, 3.05) is 0 Å². The lowest BCUT2D eigenvalue weighted by Crippen LogP contribution is -1.98. The largest absolute Gasteiger partial charge is 0.439 e. The highest BCUT2D eigenvalue weighted by atomic mass is 35.6. The van der Waals surface area contributed by atoms with E-state index in [1.54, 1.807) is 30.5 Å².